The number of rotatable bonds is 1. The maximum Gasteiger partial charge on any atom is 0.251 e. The predicted molar refractivity (Wildman–Crippen MR) is 50.3 cm³/mol. The first kappa shape index (κ1) is 10.5. The number of carbonyl (C=O) groups is 1. The van der Waals surface area contributed by atoms with Gasteiger partial charge in [-0.25, -0.2) is 0 Å². The van der Waals surface area contributed by atoms with Crippen LogP contribution >= 0.6 is 0 Å². The second kappa shape index (κ2) is 4.58. The van der Waals surface area contributed by atoms with Crippen LogP contribution in [0.15, 0.2) is 0 Å². The number of nitrogens with one attached hydrogen (secondary N) is 1. The van der Waals surface area contributed by atoms with Gasteiger partial charge in [-0.05, 0) is 20.3 Å². The molecule has 13 heavy (non-hydrogen) atoms. The molecule has 0 aliphatic carbocycles. The van der Waals surface area contributed by atoms with Gasteiger partial charge < -0.3 is 15.3 Å². The van der Waals surface area contributed by atoms with E-state index in [-0.39, 0.29) is 5.91 Å². The van der Waals surface area contributed by atoms with Crippen molar-refractivity contribution in [2.45, 2.75) is 32.4 Å². The second-order valence-corrected chi connectivity index (χ2v) is 3.65. The highest BCUT2D eigenvalue weighted by Gasteiger charge is 2.20. The average Bonchev–Trinajstić information content (AvgIpc) is 2.28. The summed E-state index contributed by atoms with van der Waals surface area (Å²) in [5, 5.41) is 12.4. The van der Waals surface area contributed by atoms with Crippen LogP contribution in [-0.2, 0) is 4.79 Å². The molecule has 1 saturated heterocycles. The van der Waals surface area contributed by atoms with Gasteiger partial charge in [0.05, 0.1) is 0 Å². The Hall–Kier alpha value is -0.610. The lowest BCUT2D eigenvalue weighted by Gasteiger charge is -2.21. The summed E-state index contributed by atoms with van der Waals surface area (Å²) in [4.78, 5) is 13.1. The molecule has 4 heteroatoms. The SMILES string of the molecule is CC1CCN(C(=O)C(C)O)CCN1. The molecule has 0 aromatic carbocycles. The summed E-state index contributed by atoms with van der Waals surface area (Å²) in [7, 11) is 0. The largest absolute Gasteiger partial charge is 0.384 e. The van der Waals surface area contributed by atoms with Gasteiger partial charge >= 0.3 is 0 Å². The number of aliphatic hydroxyl groups excluding tert-OH is 1. The Morgan fingerprint density at radius 2 is 2.31 bits per heavy atom. The van der Waals surface area contributed by atoms with Crippen molar-refractivity contribution >= 4 is 5.91 Å². The van der Waals surface area contributed by atoms with E-state index in [4.69, 9.17) is 5.11 Å². The Bertz CT molecular complexity index is 182. The van der Waals surface area contributed by atoms with E-state index in [0.717, 1.165) is 19.5 Å². The lowest BCUT2D eigenvalue weighted by atomic mass is 10.2. The van der Waals surface area contributed by atoms with Crippen molar-refractivity contribution < 1.29 is 9.90 Å². The minimum Gasteiger partial charge on any atom is -0.384 e. The first-order valence-electron chi connectivity index (χ1n) is 4.81. The van der Waals surface area contributed by atoms with E-state index in [0.29, 0.717) is 12.6 Å². The molecule has 0 radical (unpaired) electrons. The number of nitrogens with zero attached hydrogens (tertiary/aromatic N) is 1. The molecule has 2 N–H and O–H groups in total. The fourth-order valence-electron chi connectivity index (χ4n) is 1.49. The molecule has 1 aliphatic heterocycles. The molecule has 1 aliphatic rings. The summed E-state index contributed by atoms with van der Waals surface area (Å²) in [6.45, 7) is 5.89. The summed E-state index contributed by atoms with van der Waals surface area (Å²) < 4.78 is 0. The van der Waals surface area contributed by atoms with Gasteiger partial charge in [-0.3, -0.25) is 4.79 Å². The Kier molecular flexibility index (Phi) is 3.69. The van der Waals surface area contributed by atoms with Crippen molar-refractivity contribution in [3.8, 4) is 0 Å². The summed E-state index contributed by atoms with van der Waals surface area (Å²) in [5.41, 5.74) is 0. The Labute approximate surface area is 78.9 Å². The van der Waals surface area contributed by atoms with Crippen molar-refractivity contribution in [3.05, 3.63) is 0 Å². The normalized spacial score (nSPS) is 26.7. The number of amides is 1. The van der Waals surface area contributed by atoms with Gasteiger partial charge in [0.1, 0.15) is 6.10 Å². The second-order valence-electron chi connectivity index (χ2n) is 3.65. The van der Waals surface area contributed by atoms with Gasteiger partial charge in [-0.2, -0.15) is 0 Å². The molecule has 2 unspecified atom stereocenters. The van der Waals surface area contributed by atoms with Gasteiger partial charge in [0.25, 0.3) is 5.91 Å². The van der Waals surface area contributed by atoms with Crippen LogP contribution in [0.5, 0.6) is 0 Å². The van der Waals surface area contributed by atoms with Crippen molar-refractivity contribution in [2.24, 2.45) is 0 Å². The molecule has 1 rings (SSSR count). The van der Waals surface area contributed by atoms with Crippen LogP contribution in [-0.4, -0.2) is 47.7 Å². The van der Waals surface area contributed by atoms with Gasteiger partial charge in [-0.15, -0.1) is 0 Å². The molecule has 76 valence electrons. The smallest absolute Gasteiger partial charge is 0.251 e. The zero-order valence-electron chi connectivity index (χ0n) is 8.29. The third-order valence-corrected chi connectivity index (χ3v) is 2.38. The zero-order chi connectivity index (χ0) is 9.84. The van der Waals surface area contributed by atoms with Crippen molar-refractivity contribution in [2.75, 3.05) is 19.6 Å². The number of hydrogen-bond acceptors (Lipinski definition) is 3. The van der Waals surface area contributed by atoms with Gasteiger partial charge in [0.15, 0.2) is 0 Å². The molecule has 0 aromatic heterocycles. The molecule has 1 heterocycles. The fraction of sp³-hybridized carbons (Fsp3) is 0.889. The van der Waals surface area contributed by atoms with Crippen LogP contribution < -0.4 is 5.32 Å². The standard InChI is InChI=1S/C9H18N2O2/c1-7-3-5-11(6-4-10-7)9(13)8(2)12/h7-8,10,12H,3-6H2,1-2H3. The first-order chi connectivity index (χ1) is 6.11. The molecule has 0 aromatic rings. The molecule has 1 amide bonds. The summed E-state index contributed by atoms with van der Waals surface area (Å²) in [5.74, 6) is -0.157. The number of hydrogen-bond donors (Lipinski definition) is 2. The monoisotopic (exact) mass is 186 g/mol. The van der Waals surface area contributed by atoms with Gasteiger partial charge in [-0.1, -0.05) is 0 Å². The molecule has 1 fully saturated rings. The molecule has 2 atom stereocenters. The van der Waals surface area contributed by atoms with Crippen LogP contribution in [0.4, 0.5) is 0 Å². The maximum absolute atomic E-state index is 11.4. The summed E-state index contributed by atoms with van der Waals surface area (Å²) in [6.07, 6.45) is 0.0896. The number of aliphatic hydroxyl groups is 1. The minimum atomic E-state index is -0.867. The zero-order valence-corrected chi connectivity index (χ0v) is 8.29. The fourth-order valence-corrected chi connectivity index (χ4v) is 1.49. The molecule has 0 spiro atoms. The van der Waals surface area contributed by atoms with E-state index in [1.165, 1.54) is 6.92 Å². The molecule has 0 bridgehead atoms. The van der Waals surface area contributed by atoms with Crippen molar-refractivity contribution in [3.63, 3.8) is 0 Å². The van der Waals surface area contributed by atoms with E-state index in [1.54, 1.807) is 4.90 Å². The van der Waals surface area contributed by atoms with Crippen molar-refractivity contribution in [1.29, 1.82) is 0 Å². The maximum atomic E-state index is 11.4. The Morgan fingerprint density at radius 3 is 2.92 bits per heavy atom. The van der Waals surface area contributed by atoms with Crippen LogP contribution in [0.25, 0.3) is 0 Å². The lowest BCUT2D eigenvalue weighted by molar-refractivity contribution is -0.139. The van der Waals surface area contributed by atoms with Crippen molar-refractivity contribution in [1.82, 2.24) is 10.2 Å². The van der Waals surface area contributed by atoms with Crippen LogP contribution in [0.1, 0.15) is 20.3 Å². The highest BCUT2D eigenvalue weighted by atomic mass is 16.3. The van der Waals surface area contributed by atoms with E-state index < -0.39 is 6.10 Å². The Morgan fingerprint density at radius 1 is 1.62 bits per heavy atom. The van der Waals surface area contributed by atoms with Crippen LogP contribution in [0.3, 0.4) is 0 Å². The first-order valence-corrected chi connectivity index (χ1v) is 4.81. The van der Waals surface area contributed by atoms with E-state index in [2.05, 4.69) is 12.2 Å². The quantitative estimate of drug-likeness (QED) is 0.584. The Balaban J connectivity index is 2.46. The lowest BCUT2D eigenvalue weighted by Crippen LogP contribution is -2.39. The molecule has 0 saturated carbocycles. The topological polar surface area (TPSA) is 52.6 Å². The van der Waals surface area contributed by atoms with E-state index >= 15 is 0 Å². The number of carbonyl (C=O) groups excluding carboxylic acids is 1. The molecule has 4 nitrogen and oxygen atoms in total. The van der Waals surface area contributed by atoms with E-state index in [9.17, 15) is 4.79 Å². The van der Waals surface area contributed by atoms with Crippen LogP contribution in [0, 0.1) is 0 Å². The summed E-state index contributed by atoms with van der Waals surface area (Å²) >= 11 is 0. The van der Waals surface area contributed by atoms with E-state index in [1.807, 2.05) is 0 Å². The van der Waals surface area contributed by atoms with Gasteiger partial charge in [0.2, 0.25) is 0 Å². The highest BCUT2D eigenvalue weighted by molar-refractivity contribution is 5.80. The van der Waals surface area contributed by atoms with Gasteiger partial charge in [0, 0.05) is 25.7 Å². The molecular weight excluding hydrogens is 168 g/mol. The minimum absolute atomic E-state index is 0.157. The predicted octanol–water partition coefficient (Wildman–Crippen LogP) is -0.422. The third kappa shape index (κ3) is 2.97. The highest BCUT2D eigenvalue weighted by Crippen LogP contribution is 2.03. The van der Waals surface area contributed by atoms with Crippen LogP contribution in [0.2, 0.25) is 0 Å². The molecular formula is C9H18N2O2. The summed E-state index contributed by atoms with van der Waals surface area (Å²) in [6, 6.07) is 0.465. The third-order valence-electron chi connectivity index (χ3n) is 2.38. The average molecular weight is 186 g/mol.